The lowest BCUT2D eigenvalue weighted by Gasteiger charge is -2.42. The molecule has 1 amide bonds. The Kier molecular flexibility index (Phi) is 7.33. The number of aromatic nitrogens is 3. The summed E-state index contributed by atoms with van der Waals surface area (Å²) >= 11 is 0. The minimum absolute atomic E-state index is 0.0530. The Morgan fingerprint density at radius 3 is 2.59 bits per heavy atom. The molecule has 3 atom stereocenters. The molecule has 5 rings (SSSR count). The van der Waals surface area contributed by atoms with Gasteiger partial charge in [0.15, 0.2) is 0 Å². The van der Waals surface area contributed by atoms with Crippen molar-refractivity contribution in [1.82, 2.24) is 25.0 Å². The van der Waals surface area contributed by atoms with Crippen LogP contribution in [-0.4, -0.2) is 57.9 Å². The fraction of sp³-hybridized carbons (Fsp3) is 0.667. The van der Waals surface area contributed by atoms with E-state index in [1.54, 1.807) is 22.1 Å². The first-order valence-electron chi connectivity index (χ1n) is 13.3. The number of ether oxygens (including phenoxy) is 1. The molecule has 1 aliphatic carbocycles. The predicted octanol–water partition coefficient (Wildman–Crippen LogP) is 4.44. The number of benzene rings is 1. The number of hydrogen-bond acceptors (Lipinski definition) is 5. The molecule has 3 aliphatic rings. The van der Waals surface area contributed by atoms with Crippen LogP contribution in [0.5, 0.6) is 0 Å². The molecular formula is C27H36F3N5O2. The summed E-state index contributed by atoms with van der Waals surface area (Å²) < 4.78 is 47.8. The Morgan fingerprint density at radius 2 is 1.92 bits per heavy atom. The number of carbonyl (C=O) groups excluding carboxylic acids is 1. The van der Waals surface area contributed by atoms with Crippen molar-refractivity contribution in [2.45, 2.75) is 70.8 Å². The Hall–Kier alpha value is -2.46. The van der Waals surface area contributed by atoms with Crippen molar-refractivity contribution in [1.29, 1.82) is 0 Å². The lowest BCUT2D eigenvalue weighted by atomic mass is 9.73. The van der Waals surface area contributed by atoms with E-state index < -0.39 is 17.2 Å². The van der Waals surface area contributed by atoms with E-state index in [0.717, 1.165) is 63.5 Å². The van der Waals surface area contributed by atoms with E-state index in [1.165, 1.54) is 12.1 Å². The molecule has 37 heavy (non-hydrogen) atoms. The van der Waals surface area contributed by atoms with E-state index in [4.69, 9.17) is 4.74 Å². The molecule has 0 radical (unpaired) electrons. The van der Waals surface area contributed by atoms with Gasteiger partial charge < -0.3 is 19.5 Å². The van der Waals surface area contributed by atoms with E-state index in [9.17, 15) is 18.0 Å². The third-order valence-corrected chi connectivity index (χ3v) is 8.77. The van der Waals surface area contributed by atoms with Crippen LogP contribution >= 0.6 is 0 Å². The fourth-order valence-corrected chi connectivity index (χ4v) is 6.47. The molecular weight excluding hydrogens is 483 g/mol. The average molecular weight is 520 g/mol. The van der Waals surface area contributed by atoms with E-state index in [-0.39, 0.29) is 24.4 Å². The Labute approximate surface area is 215 Å². The topological polar surface area (TPSA) is 72.3 Å². The fourth-order valence-electron chi connectivity index (χ4n) is 6.47. The molecule has 0 spiro atoms. The zero-order valence-corrected chi connectivity index (χ0v) is 21.5. The van der Waals surface area contributed by atoms with Crippen LogP contribution in [0.15, 0.2) is 30.9 Å². The Morgan fingerprint density at radius 1 is 1.19 bits per heavy atom. The SMILES string of the molecule is CC(C)[C@]1(C(=O)N2Cc3cc(C(F)(F)F)ccc3C(n3cnnc3)C2)CCC(CNC2CCOCC2)C1. The standard InChI is InChI=1S/C27H36F3N5O2/c1-18(2)26(8-5-19(12-26)13-31-22-6-9-37-10-7-22)25(36)34-14-20-11-21(27(28,29)30)3-4-23(20)24(15-34)35-16-32-33-17-35/h3-4,11,16-19,22,24,31H,5-10,12-15H2,1-2H3/t19?,24?,26-/m0/s1. The van der Waals surface area contributed by atoms with Gasteiger partial charge in [0.25, 0.3) is 0 Å². The second-order valence-electron chi connectivity index (χ2n) is 11.2. The molecule has 1 saturated carbocycles. The molecule has 1 aromatic heterocycles. The number of rotatable bonds is 6. The van der Waals surface area contributed by atoms with Gasteiger partial charge in [-0.3, -0.25) is 4.79 Å². The van der Waals surface area contributed by atoms with Gasteiger partial charge in [-0.15, -0.1) is 10.2 Å². The summed E-state index contributed by atoms with van der Waals surface area (Å²) in [6.45, 7) is 7.22. The van der Waals surface area contributed by atoms with E-state index in [0.29, 0.717) is 24.1 Å². The normalized spacial score (nSPS) is 27.0. The molecule has 1 saturated heterocycles. The van der Waals surface area contributed by atoms with Crippen LogP contribution in [0.25, 0.3) is 0 Å². The summed E-state index contributed by atoms with van der Waals surface area (Å²) in [7, 11) is 0. The van der Waals surface area contributed by atoms with Crippen LogP contribution < -0.4 is 5.32 Å². The van der Waals surface area contributed by atoms with E-state index in [2.05, 4.69) is 29.4 Å². The molecule has 7 nitrogen and oxygen atoms in total. The van der Waals surface area contributed by atoms with Crippen molar-refractivity contribution in [3.63, 3.8) is 0 Å². The molecule has 2 aromatic rings. The maximum atomic E-state index is 14.2. The van der Waals surface area contributed by atoms with Gasteiger partial charge >= 0.3 is 6.18 Å². The van der Waals surface area contributed by atoms with E-state index >= 15 is 0 Å². The Bertz CT molecular complexity index is 1080. The molecule has 10 heteroatoms. The van der Waals surface area contributed by atoms with Gasteiger partial charge in [-0.2, -0.15) is 13.2 Å². The van der Waals surface area contributed by atoms with E-state index in [1.807, 2.05) is 0 Å². The molecule has 2 fully saturated rings. The smallest absolute Gasteiger partial charge is 0.381 e. The average Bonchev–Trinajstić information content (AvgIpc) is 3.57. The number of fused-ring (bicyclic) bond motifs is 1. The zero-order chi connectivity index (χ0) is 26.2. The number of halogens is 3. The second kappa shape index (κ2) is 10.4. The van der Waals surface area contributed by atoms with Crippen molar-refractivity contribution in [2.24, 2.45) is 17.3 Å². The lowest BCUT2D eigenvalue weighted by molar-refractivity contribution is -0.146. The third-order valence-electron chi connectivity index (χ3n) is 8.77. The van der Waals surface area contributed by atoms with Crippen molar-refractivity contribution in [3.05, 3.63) is 47.5 Å². The van der Waals surface area contributed by atoms with Crippen molar-refractivity contribution in [2.75, 3.05) is 26.3 Å². The first-order chi connectivity index (χ1) is 17.7. The van der Waals surface area contributed by atoms with Gasteiger partial charge in [0.2, 0.25) is 5.91 Å². The lowest BCUT2D eigenvalue weighted by Crippen LogP contribution is -2.49. The van der Waals surface area contributed by atoms with Crippen LogP contribution in [0.1, 0.15) is 68.7 Å². The quantitative estimate of drug-likeness (QED) is 0.611. The maximum absolute atomic E-state index is 14.2. The van der Waals surface area contributed by atoms with Crippen LogP contribution in [-0.2, 0) is 22.3 Å². The number of hydrogen-bond donors (Lipinski definition) is 1. The summed E-state index contributed by atoms with van der Waals surface area (Å²) in [6.07, 6.45) is 3.27. The molecule has 2 aliphatic heterocycles. The molecule has 202 valence electrons. The summed E-state index contributed by atoms with van der Waals surface area (Å²) in [6, 6.07) is 3.99. The highest BCUT2D eigenvalue weighted by Crippen LogP contribution is 2.49. The molecule has 1 N–H and O–H groups in total. The number of nitrogens with one attached hydrogen (secondary N) is 1. The number of carbonyl (C=O) groups is 1. The van der Waals surface area contributed by atoms with Gasteiger partial charge in [0.1, 0.15) is 12.7 Å². The van der Waals surface area contributed by atoms with Crippen LogP contribution in [0.4, 0.5) is 13.2 Å². The van der Waals surface area contributed by atoms with Crippen LogP contribution in [0.3, 0.4) is 0 Å². The van der Waals surface area contributed by atoms with Crippen molar-refractivity contribution < 1.29 is 22.7 Å². The highest BCUT2D eigenvalue weighted by Gasteiger charge is 2.50. The summed E-state index contributed by atoms with van der Waals surface area (Å²) in [4.78, 5) is 16.0. The minimum Gasteiger partial charge on any atom is -0.381 e. The van der Waals surface area contributed by atoms with Crippen molar-refractivity contribution >= 4 is 5.91 Å². The molecule has 3 heterocycles. The maximum Gasteiger partial charge on any atom is 0.416 e. The Balaban J connectivity index is 1.38. The molecule has 2 unspecified atom stereocenters. The predicted molar refractivity (Wildman–Crippen MR) is 131 cm³/mol. The van der Waals surface area contributed by atoms with Gasteiger partial charge in [0.05, 0.1) is 17.0 Å². The van der Waals surface area contributed by atoms with Gasteiger partial charge in [-0.05, 0) is 73.7 Å². The third kappa shape index (κ3) is 5.27. The second-order valence-corrected chi connectivity index (χ2v) is 11.2. The zero-order valence-electron chi connectivity index (χ0n) is 21.5. The summed E-state index contributed by atoms with van der Waals surface area (Å²) in [5, 5.41) is 11.5. The van der Waals surface area contributed by atoms with Crippen LogP contribution in [0, 0.1) is 17.3 Å². The van der Waals surface area contributed by atoms with Crippen molar-refractivity contribution in [3.8, 4) is 0 Å². The largest absolute Gasteiger partial charge is 0.416 e. The first-order valence-corrected chi connectivity index (χ1v) is 13.3. The van der Waals surface area contributed by atoms with Gasteiger partial charge in [-0.1, -0.05) is 19.9 Å². The number of alkyl halides is 3. The highest BCUT2D eigenvalue weighted by molar-refractivity contribution is 5.84. The van der Waals surface area contributed by atoms with Gasteiger partial charge in [0, 0.05) is 32.3 Å². The summed E-state index contributed by atoms with van der Waals surface area (Å²) in [5.74, 6) is 0.582. The number of nitrogens with zero attached hydrogens (tertiary/aromatic N) is 4. The van der Waals surface area contributed by atoms with Crippen LogP contribution in [0.2, 0.25) is 0 Å². The molecule has 1 aromatic carbocycles. The highest BCUT2D eigenvalue weighted by atomic mass is 19.4. The number of amides is 1. The monoisotopic (exact) mass is 519 g/mol. The molecule has 0 bridgehead atoms. The summed E-state index contributed by atoms with van der Waals surface area (Å²) in [5.41, 5.74) is 0.101. The first kappa shape index (κ1) is 26.2. The minimum atomic E-state index is -4.44. The van der Waals surface area contributed by atoms with Gasteiger partial charge in [-0.25, -0.2) is 0 Å².